The number of halogens is 1. The van der Waals surface area contributed by atoms with Gasteiger partial charge in [0.2, 0.25) is 5.91 Å². The van der Waals surface area contributed by atoms with E-state index in [0.717, 1.165) is 48.6 Å². The molecule has 0 aliphatic carbocycles. The Kier molecular flexibility index (Phi) is 8.87. The Morgan fingerprint density at radius 1 is 1.06 bits per heavy atom. The normalized spacial score (nSPS) is 16.3. The van der Waals surface area contributed by atoms with Gasteiger partial charge in [-0.15, -0.1) is 0 Å². The Bertz CT molecular complexity index is 849. The van der Waals surface area contributed by atoms with Crippen LogP contribution in [-0.2, 0) is 16.1 Å². The molecule has 0 unspecified atom stereocenters. The molecule has 6 nitrogen and oxygen atoms in total. The van der Waals surface area contributed by atoms with Crippen LogP contribution >= 0.6 is 11.6 Å². The van der Waals surface area contributed by atoms with Gasteiger partial charge < -0.3 is 15.2 Å². The number of nitrogens with one attached hydrogen (secondary N) is 1. The molecule has 0 saturated carbocycles. The number of anilines is 1. The predicted octanol–water partition coefficient (Wildman–Crippen LogP) is 3.09. The monoisotopic (exact) mass is 445 g/mol. The molecule has 1 heterocycles. The molecule has 1 saturated heterocycles. The Morgan fingerprint density at radius 3 is 2.39 bits per heavy atom. The molecule has 2 aromatic rings. The van der Waals surface area contributed by atoms with Crippen molar-refractivity contribution in [2.45, 2.75) is 26.6 Å². The second-order valence-electron chi connectivity index (χ2n) is 8.15. The lowest BCUT2D eigenvalue weighted by Crippen LogP contribution is -2.50. The van der Waals surface area contributed by atoms with Gasteiger partial charge in [0.1, 0.15) is 0 Å². The first kappa shape index (κ1) is 23.7. The molecule has 7 heteroatoms. The van der Waals surface area contributed by atoms with E-state index in [1.807, 2.05) is 56.3 Å². The number of aliphatic hydroxyl groups excluding tert-OH is 1. The number of hydrogen-bond donors (Lipinski definition) is 2. The van der Waals surface area contributed by atoms with Crippen LogP contribution in [0.2, 0.25) is 5.02 Å². The Balaban J connectivity index is 1.34. The van der Waals surface area contributed by atoms with Gasteiger partial charge in [0.25, 0.3) is 0 Å². The fourth-order valence-electron chi connectivity index (χ4n) is 3.79. The van der Waals surface area contributed by atoms with Crippen LogP contribution in [0.15, 0.2) is 42.5 Å². The summed E-state index contributed by atoms with van der Waals surface area (Å²) in [6, 6.07) is 13.6. The molecule has 3 rings (SSSR count). The molecule has 0 radical (unpaired) electrons. The van der Waals surface area contributed by atoms with Crippen LogP contribution in [0.3, 0.4) is 0 Å². The van der Waals surface area contributed by atoms with Crippen LogP contribution in [0.1, 0.15) is 16.7 Å². The number of aryl methyl sites for hydroxylation is 2. The van der Waals surface area contributed by atoms with E-state index < -0.39 is 6.10 Å². The van der Waals surface area contributed by atoms with Crippen molar-refractivity contribution in [3.63, 3.8) is 0 Å². The number of rotatable bonds is 9. The van der Waals surface area contributed by atoms with Gasteiger partial charge in [0.05, 0.1) is 25.9 Å². The summed E-state index contributed by atoms with van der Waals surface area (Å²) in [4.78, 5) is 16.8. The van der Waals surface area contributed by atoms with E-state index in [0.29, 0.717) is 24.7 Å². The molecule has 168 valence electrons. The largest absolute Gasteiger partial charge is 0.389 e. The number of carbonyl (C=O) groups excluding carboxylic acids is 1. The van der Waals surface area contributed by atoms with Crippen molar-refractivity contribution in [2.75, 3.05) is 51.2 Å². The Hall–Kier alpha value is -1.96. The molecular formula is C24H32ClN3O3. The minimum atomic E-state index is -0.554. The van der Waals surface area contributed by atoms with Crippen molar-refractivity contribution in [3.05, 3.63) is 64.2 Å². The zero-order chi connectivity index (χ0) is 22.2. The van der Waals surface area contributed by atoms with Crippen LogP contribution < -0.4 is 5.32 Å². The predicted molar refractivity (Wildman–Crippen MR) is 125 cm³/mol. The number of nitrogens with zero attached hydrogens (tertiary/aromatic N) is 2. The molecule has 1 aliphatic heterocycles. The number of carbonyl (C=O) groups is 1. The second-order valence-corrected chi connectivity index (χ2v) is 8.56. The number of β-amino-alcohol motifs (C(OH)–C–C–N with tert-alkyl or cyclic N) is 1. The summed E-state index contributed by atoms with van der Waals surface area (Å²) < 4.78 is 5.63. The fourth-order valence-corrected chi connectivity index (χ4v) is 3.99. The van der Waals surface area contributed by atoms with Crippen molar-refractivity contribution in [1.29, 1.82) is 0 Å². The smallest absolute Gasteiger partial charge is 0.238 e. The Morgan fingerprint density at radius 2 is 1.71 bits per heavy atom. The van der Waals surface area contributed by atoms with Crippen LogP contribution in [0.25, 0.3) is 0 Å². The highest BCUT2D eigenvalue weighted by molar-refractivity contribution is 6.31. The quantitative estimate of drug-likeness (QED) is 0.621. The Labute approximate surface area is 189 Å². The van der Waals surface area contributed by atoms with E-state index in [1.54, 1.807) is 0 Å². The van der Waals surface area contributed by atoms with Crippen molar-refractivity contribution >= 4 is 23.2 Å². The minimum absolute atomic E-state index is 0.0128. The molecule has 1 aliphatic rings. The first-order valence-corrected chi connectivity index (χ1v) is 11.1. The number of piperazine rings is 1. The zero-order valence-electron chi connectivity index (χ0n) is 18.3. The van der Waals surface area contributed by atoms with E-state index in [1.165, 1.54) is 0 Å². The molecule has 31 heavy (non-hydrogen) atoms. The molecule has 0 aromatic heterocycles. The van der Waals surface area contributed by atoms with Gasteiger partial charge in [-0.25, -0.2) is 0 Å². The summed E-state index contributed by atoms with van der Waals surface area (Å²) in [5.74, 6) is 0.0128. The summed E-state index contributed by atoms with van der Waals surface area (Å²) in [6.07, 6.45) is -0.554. The third-order valence-corrected chi connectivity index (χ3v) is 5.94. The summed E-state index contributed by atoms with van der Waals surface area (Å²) in [5.41, 5.74) is 3.98. The molecule has 1 amide bonds. The van der Waals surface area contributed by atoms with E-state index in [4.69, 9.17) is 16.3 Å². The average molecular weight is 446 g/mol. The second kappa shape index (κ2) is 11.6. The van der Waals surface area contributed by atoms with E-state index in [9.17, 15) is 9.90 Å². The minimum Gasteiger partial charge on any atom is -0.389 e. The van der Waals surface area contributed by atoms with Gasteiger partial charge >= 0.3 is 0 Å². The van der Waals surface area contributed by atoms with E-state index >= 15 is 0 Å². The van der Waals surface area contributed by atoms with Gasteiger partial charge in [-0.3, -0.25) is 14.6 Å². The molecule has 1 fully saturated rings. The van der Waals surface area contributed by atoms with E-state index in [-0.39, 0.29) is 12.5 Å². The van der Waals surface area contributed by atoms with Crippen molar-refractivity contribution in [1.82, 2.24) is 9.80 Å². The molecular weight excluding hydrogens is 414 g/mol. The van der Waals surface area contributed by atoms with Crippen LogP contribution in [0, 0.1) is 13.8 Å². The number of hydrogen-bond acceptors (Lipinski definition) is 5. The average Bonchev–Trinajstić information content (AvgIpc) is 2.74. The maximum atomic E-state index is 12.5. The standard InChI is InChI=1S/C24H32ClN3O3/c1-18-6-5-7-19(2)24(18)26-23(30)15-28-12-10-27(11-13-28)14-21(29)17-31-16-20-8-3-4-9-22(20)25/h3-9,21,29H,10-17H2,1-2H3,(H,26,30)/t21-/m0/s1. The first-order valence-electron chi connectivity index (χ1n) is 10.7. The van der Waals surface area contributed by atoms with Crippen LogP contribution in [0.5, 0.6) is 0 Å². The summed E-state index contributed by atoms with van der Waals surface area (Å²) >= 11 is 6.12. The van der Waals surface area contributed by atoms with Crippen LogP contribution in [0.4, 0.5) is 5.69 Å². The van der Waals surface area contributed by atoms with Crippen molar-refractivity contribution in [3.8, 4) is 0 Å². The fraction of sp³-hybridized carbons (Fsp3) is 0.458. The van der Waals surface area contributed by atoms with Crippen molar-refractivity contribution < 1.29 is 14.6 Å². The maximum Gasteiger partial charge on any atom is 0.238 e. The third-order valence-electron chi connectivity index (χ3n) is 5.57. The number of amides is 1. The maximum absolute atomic E-state index is 12.5. The summed E-state index contributed by atoms with van der Waals surface area (Å²) in [7, 11) is 0. The number of para-hydroxylation sites is 1. The van der Waals surface area contributed by atoms with Gasteiger partial charge in [-0.2, -0.15) is 0 Å². The highest BCUT2D eigenvalue weighted by Gasteiger charge is 2.21. The zero-order valence-corrected chi connectivity index (χ0v) is 19.1. The molecule has 0 bridgehead atoms. The van der Waals surface area contributed by atoms with Gasteiger partial charge in [0, 0.05) is 43.4 Å². The lowest BCUT2D eigenvalue weighted by molar-refractivity contribution is -0.117. The third kappa shape index (κ3) is 7.30. The lowest BCUT2D eigenvalue weighted by atomic mass is 10.1. The van der Waals surface area contributed by atoms with Gasteiger partial charge in [-0.05, 0) is 36.6 Å². The van der Waals surface area contributed by atoms with Crippen molar-refractivity contribution in [2.24, 2.45) is 0 Å². The van der Waals surface area contributed by atoms with Gasteiger partial charge in [0.15, 0.2) is 0 Å². The number of aliphatic hydroxyl groups is 1. The number of ether oxygens (including phenoxy) is 1. The molecule has 0 spiro atoms. The molecule has 2 N–H and O–H groups in total. The lowest BCUT2D eigenvalue weighted by Gasteiger charge is -2.35. The van der Waals surface area contributed by atoms with E-state index in [2.05, 4.69) is 15.1 Å². The topological polar surface area (TPSA) is 65.0 Å². The first-order chi connectivity index (χ1) is 14.9. The highest BCUT2D eigenvalue weighted by atomic mass is 35.5. The number of benzene rings is 2. The summed E-state index contributed by atoms with van der Waals surface area (Å²) in [5, 5.41) is 14.0. The van der Waals surface area contributed by atoms with Crippen LogP contribution in [-0.4, -0.2) is 72.8 Å². The molecule has 2 aromatic carbocycles. The summed E-state index contributed by atoms with van der Waals surface area (Å²) in [6.45, 7) is 8.84. The van der Waals surface area contributed by atoms with Gasteiger partial charge in [-0.1, -0.05) is 48.0 Å². The SMILES string of the molecule is Cc1cccc(C)c1NC(=O)CN1CCN(C[C@H](O)COCc2ccccc2Cl)CC1. The highest BCUT2D eigenvalue weighted by Crippen LogP contribution is 2.19. The molecule has 1 atom stereocenters.